The Balaban J connectivity index is 2.19. The smallest absolute Gasteiger partial charge is 0.138 e. The average Bonchev–Trinajstić information content (AvgIpc) is 2.82. The minimum absolute atomic E-state index is 0.624. The Kier molecular flexibility index (Phi) is 4.33. The van der Waals surface area contributed by atoms with E-state index in [1.807, 2.05) is 18.2 Å². The number of nitrogens with one attached hydrogen (secondary N) is 1. The number of rotatable bonds is 5. The van der Waals surface area contributed by atoms with Gasteiger partial charge in [0.1, 0.15) is 12.7 Å². The topological polar surface area (TPSA) is 42.7 Å². The molecule has 0 unspecified atom stereocenters. The maximum absolute atomic E-state index is 6.05. The van der Waals surface area contributed by atoms with Crippen molar-refractivity contribution in [3.05, 3.63) is 41.4 Å². The van der Waals surface area contributed by atoms with E-state index in [2.05, 4.69) is 29.2 Å². The second-order valence-electron chi connectivity index (χ2n) is 4.64. The van der Waals surface area contributed by atoms with Gasteiger partial charge in [-0.05, 0) is 36.2 Å². The van der Waals surface area contributed by atoms with Crippen LogP contribution in [0, 0.1) is 5.92 Å². The summed E-state index contributed by atoms with van der Waals surface area (Å²) in [4.78, 5) is 3.97. The van der Waals surface area contributed by atoms with Crippen LogP contribution in [0.5, 0.6) is 0 Å². The molecule has 0 atom stereocenters. The summed E-state index contributed by atoms with van der Waals surface area (Å²) >= 11 is 6.05. The van der Waals surface area contributed by atoms with E-state index < -0.39 is 0 Å². The first-order valence-electron chi connectivity index (χ1n) is 6.01. The summed E-state index contributed by atoms with van der Waals surface area (Å²) in [7, 11) is 0. The second kappa shape index (κ2) is 5.98. The maximum atomic E-state index is 6.05. The van der Waals surface area contributed by atoms with Crippen molar-refractivity contribution < 1.29 is 0 Å². The molecule has 1 N–H and O–H groups in total. The van der Waals surface area contributed by atoms with Crippen molar-refractivity contribution in [2.75, 3.05) is 6.54 Å². The molecule has 0 bridgehead atoms. The average molecular weight is 265 g/mol. The normalized spacial score (nSPS) is 11.1. The van der Waals surface area contributed by atoms with Gasteiger partial charge in [0.15, 0.2) is 0 Å². The zero-order valence-electron chi connectivity index (χ0n) is 10.6. The third kappa shape index (κ3) is 3.31. The molecule has 0 spiro atoms. The van der Waals surface area contributed by atoms with Crippen molar-refractivity contribution in [3.8, 4) is 5.69 Å². The standard InChI is InChI=1S/C13H17ClN4/c1-10(2)6-15-7-11-5-12(14)3-4-13(11)18-9-16-8-17-18/h3-5,8-10,15H,6-7H2,1-2H3. The van der Waals surface area contributed by atoms with Crippen LogP contribution in [0.3, 0.4) is 0 Å². The summed E-state index contributed by atoms with van der Waals surface area (Å²) in [6.07, 6.45) is 3.22. The number of benzene rings is 1. The van der Waals surface area contributed by atoms with Crippen LogP contribution in [0.15, 0.2) is 30.9 Å². The van der Waals surface area contributed by atoms with Gasteiger partial charge in [-0.2, -0.15) is 5.10 Å². The van der Waals surface area contributed by atoms with Crippen molar-refractivity contribution in [2.24, 2.45) is 5.92 Å². The molecule has 0 fully saturated rings. The molecule has 5 heteroatoms. The molecule has 0 aliphatic heterocycles. The molecule has 1 heterocycles. The first-order chi connectivity index (χ1) is 8.66. The molecule has 0 amide bonds. The zero-order chi connectivity index (χ0) is 13.0. The molecule has 2 rings (SSSR count). The predicted molar refractivity (Wildman–Crippen MR) is 72.9 cm³/mol. The Morgan fingerprint density at radius 3 is 2.89 bits per heavy atom. The summed E-state index contributed by atoms with van der Waals surface area (Å²) in [5.41, 5.74) is 2.13. The van der Waals surface area contributed by atoms with Crippen LogP contribution < -0.4 is 5.32 Å². The van der Waals surface area contributed by atoms with Gasteiger partial charge in [-0.25, -0.2) is 9.67 Å². The van der Waals surface area contributed by atoms with Crippen molar-refractivity contribution in [2.45, 2.75) is 20.4 Å². The van der Waals surface area contributed by atoms with Crippen LogP contribution in [0.4, 0.5) is 0 Å². The molecule has 0 aliphatic carbocycles. The largest absolute Gasteiger partial charge is 0.312 e. The maximum Gasteiger partial charge on any atom is 0.138 e. The van der Waals surface area contributed by atoms with Gasteiger partial charge in [-0.1, -0.05) is 25.4 Å². The minimum atomic E-state index is 0.624. The predicted octanol–water partition coefficient (Wildman–Crippen LogP) is 2.67. The second-order valence-corrected chi connectivity index (χ2v) is 5.07. The Morgan fingerprint density at radius 1 is 1.39 bits per heavy atom. The van der Waals surface area contributed by atoms with E-state index in [-0.39, 0.29) is 0 Å². The Bertz CT molecular complexity index is 494. The summed E-state index contributed by atoms with van der Waals surface area (Å²) in [6, 6.07) is 5.79. The molecule has 18 heavy (non-hydrogen) atoms. The van der Waals surface area contributed by atoms with Crippen molar-refractivity contribution in [1.82, 2.24) is 20.1 Å². The van der Waals surface area contributed by atoms with E-state index in [0.717, 1.165) is 29.4 Å². The highest BCUT2D eigenvalue weighted by Gasteiger charge is 2.06. The SMILES string of the molecule is CC(C)CNCc1cc(Cl)ccc1-n1cncn1. The molecule has 2 aromatic rings. The van der Waals surface area contributed by atoms with Gasteiger partial charge in [-0.15, -0.1) is 0 Å². The fraction of sp³-hybridized carbons (Fsp3) is 0.385. The van der Waals surface area contributed by atoms with Crippen LogP contribution in [-0.2, 0) is 6.54 Å². The highest BCUT2D eigenvalue weighted by molar-refractivity contribution is 6.30. The van der Waals surface area contributed by atoms with E-state index in [1.165, 1.54) is 6.33 Å². The lowest BCUT2D eigenvalue weighted by molar-refractivity contribution is 0.551. The Morgan fingerprint density at radius 2 is 2.22 bits per heavy atom. The minimum Gasteiger partial charge on any atom is -0.312 e. The number of hydrogen-bond acceptors (Lipinski definition) is 3. The summed E-state index contributed by atoms with van der Waals surface area (Å²) in [6.45, 7) is 6.11. The zero-order valence-corrected chi connectivity index (χ0v) is 11.4. The van der Waals surface area contributed by atoms with Gasteiger partial charge in [0.05, 0.1) is 5.69 Å². The molecular formula is C13H17ClN4. The van der Waals surface area contributed by atoms with Crippen LogP contribution in [-0.4, -0.2) is 21.3 Å². The van der Waals surface area contributed by atoms with Gasteiger partial charge < -0.3 is 5.32 Å². The van der Waals surface area contributed by atoms with E-state index in [0.29, 0.717) is 5.92 Å². The fourth-order valence-corrected chi connectivity index (χ4v) is 1.94. The van der Waals surface area contributed by atoms with Crippen LogP contribution in [0.1, 0.15) is 19.4 Å². The number of aromatic nitrogens is 3. The molecular weight excluding hydrogens is 248 g/mol. The van der Waals surface area contributed by atoms with E-state index in [4.69, 9.17) is 11.6 Å². The van der Waals surface area contributed by atoms with Crippen LogP contribution >= 0.6 is 11.6 Å². The highest BCUT2D eigenvalue weighted by atomic mass is 35.5. The first-order valence-corrected chi connectivity index (χ1v) is 6.38. The lowest BCUT2D eigenvalue weighted by atomic mass is 10.1. The monoisotopic (exact) mass is 264 g/mol. The molecule has 0 saturated carbocycles. The number of halogens is 1. The highest BCUT2D eigenvalue weighted by Crippen LogP contribution is 2.18. The van der Waals surface area contributed by atoms with Crippen molar-refractivity contribution in [1.29, 1.82) is 0 Å². The Labute approximate surface area is 112 Å². The van der Waals surface area contributed by atoms with Crippen LogP contribution in [0.25, 0.3) is 5.69 Å². The Hall–Kier alpha value is -1.39. The number of hydrogen-bond donors (Lipinski definition) is 1. The molecule has 0 saturated heterocycles. The molecule has 1 aromatic heterocycles. The number of nitrogens with zero attached hydrogens (tertiary/aromatic N) is 3. The quantitative estimate of drug-likeness (QED) is 0.903. The van der Waals surface area contributed by atoms with E-state index in [9.17, 15) is 0 Å². The van der Waals surface area contributed by atoms with Gasteiger partial charge in [0.2, 0.25) is 0 Å². The van der Waals surface area contributed by atoms with E-state index in [1.54, 1.807) is 11.0 Å². The summed E-state index contributed by atoms with van der Waals surface area (Å²) in [5, 5.41) is 8.30. The van der Waals surface area contributed by atoms with Gasteiger partial charge in [-0.3, -0.25) is 0 Å². The summed E-state index contributed by atoms with van der Waals surface area (Å²) < 4.78 is 1.75. The molecule has 96 valence electrons. The molecule has 4 nitrogen and oxygen atoms in total. The van der Waals surface area contributed by atoms with Crippen LogP contribution in [0.2, 0.25) is 5.02 Å². The van der Waals surface area contributed by atoms with Gasteiger partial charge >= 0.3 is 0 Å². The van der Waals surface area contributed by atoms with Crippen molar-refractivity contribution >= 4 is 11.6 Å². The summed E-state index contributed by atoms with van der Waals surface area (Å²) in [5.74, 6) is 0.624. The van der Waals surface area contributed by atoms with Crippen molar-refractivity contribution in [3.63, 3.8) is 0 Å². The first kappa shape index (κ1) is 13.1. The lowest BCUT2D eigenvalue weighted by Gasteiger charge is -2.12. The van der Waals surface area contributed by atoms with Gasteiger partial charge in [0.25, 0.3) is 0 Å². The third-order valence-corrected chi connectivity index (χ3v) is 2.81. The van der Waals surface area contributed by atoms with E-state index >= 15 is 0 Å². The van der Waals surface area contributed by atoms with Gasteiger partial charge in [0, 0.05) is 11.6 Å². The molecule has 0 aliphatic rings. The molecule has 0 radical (unpaired) electrons. The lowest BCUT2D eigenvalue weighted by Crippen LogP contribution is -2.20. The third-order valence-electron chi connectivity index (χ3n) is 2.58. The molecule has 1 aromatic carbocycles. The fourth-order valence-electron chi connectivity index (χ4n) is 1.75.